The summed E-state index contributed by atoms with van der Waals surface area (Å²) in [4.78, 5) is 11.1. The number of fused-ring (bicyclic) bond motifs is 1. The molecule has 0 spiro atoms. The van der Waals surface area contributed by atoms with Gasteiger partial charge in [0.05, 0.1) is 12.0 Å². The van der Waals surface area contributed by atoms with Crippen molar-refractivity contribution in [1.29, 1.82) is 0 Å². The predicted molar refractivity (Wildman–Crippen MR) is 53.7 cm³/mol. The fourth-order valence-electron chi connectivity index (χ4n) is 1.28. The number of rotatable bonds is 2. The minimum atomic E-state index is -0.407. The molecular weight excluding hydrogens is 203 g/mol. The quantitative estimate of drug-likeness (QED) is 0.712. The molecule has 0 fully saturated rings. The number of thiophene rings is 1. The molecule has 0 unspecified atom stereocenters. The Bertz CT molecular complexity index is 490. The Morgan fingerprint density at radius 2 is 2.21 bits per heavy atom. The van der Waals surface area contributed by atoms with E-state index in [0.717, 1.165) is 16.4 Å². The number of hydrogen-bond donors (Lipinski definition) is 0. The molecule has 0 aliphatic rings. The highest BCUT2D eigenvalue weighted by atomic mass is 32.1. The summed E-state index contributed by atoms with van der Waals surface area (Å²) >= 11 is 1.32. The van der Waals surface area contributed by atoms with Crippen LogP contribution in [0, 0.1) is 5.82 Å². The second kappa shape index (κ2) is 3.38. The van der Waals surface area contributed by atoms with Crippen LogP contribution in [-0.2, 0) is 0 Å². The summed E-state index contributed by atoms with van der Waals surface area (Å²) in [5.41, 5.74) is 0. The van der Waals surface area contributed by atoms with E-state index < -0.39 is 5.82 Å². The van der Waals surface area contributed by atoms with Crippen molar-refractivity contribution in [3.05, 3.63) is 28.9 Å². The third kappa shape index (κ3) is 1.37. The van der Waals surface area contributed by atoms with E-state index in [2.05, 4.69) is 0 Å². The van der Waals surface area contributed by atoms with Crippen LogP contribution in [0.25, 0.3) is 10.1 Å². The van der Waals surface area contributed by atoms with Crippen LogP contribution >= 0.6 is 11.3 Å². The highest BCUT2D eigenvalue weighted by molar-refractivity contribution is 7.20. The van der Waals surface area contributed by atoms with Crippen LogP contribution in [0.4, 0.5) is 4.39 Å². The van der Waals surface area contributed by atoms with E-state index in [0.29, 0.717) is 4.88 Å². The molecule has 0 aliphatic carbocycles. The number of benzene rings is 1. The van der Waals surface area contributed by atoms with Crippen molar-refractivity contribution in [1.82, 2.24) is 0 Å². The standard InChI is InChI=1S/C10H7FO2S/c1-13-9-4-10-6(3-8(9)11)2-7(5-12)14-10/h2-5H,1H3. The maximum Gasteiger partial charge on any atom is 0.165 e. The average Bonchev–Trinajstić information content (AvgIpc) is 2.58. The Morgan fingerprint density at radius 1 is 1.43 bits per heavy atom. The molecule has 72 valence electrons. The first-order chi connectivity index (χ1) is 6.74. The molecule has 1 aromatic carbocycles. The second-order valence-corrected chi connectivity index (χ2v) is 3.91. The zero-order valence-corrected chi connectivity index (χ0v) is 8.23. The van der Waals surface area contributed by atoms with E-state index in [4.69, 9.17) is 4.74 Å². The monoisotopic (exact) mass is 210 g/mol. The Labute approximate surface area is 83.9 Å². The lowest BCUT2D eigenvalue weighted by molar-refractivity contribution is 0.112. The van der Waals surface area contributed by atoms with Crippen molar-refractivity contribution < 1.29 is 13.9 Å². The van der Waals surface area contributed by atoms with Crippen LogP contribution in [0.2, 0.25) is 0 Å². The zero-order chi connectivity index (χ0) is 10.1. The molecular formula is C10H7FO2S. The minimum absolute atomic E-state index is 0.205. The third-order valence-electron chi connectivity index (χ3n) is 1.93. The predicted octanol–water partition coefficient (Wildman–Crippen LogP) is 2.86. The van der Waals surface area contributed by atoms with Gasteiger partial charge in [-0.15, -0.1) is 11.3 Å². The summed E-state index contributed by atoms with van der Waals surface area (Å²) in [6, 6.07) is 4.63. The summed E-state index contributed by atoms with van der Waals surface area (Å²) in [6.07, 6.45) is 0.759. The fraction of sp³-hybridized carbons (Fsp3) is 0.100. The molecule has 4 heteroatoms. The lowest BCUT2D eigenvalue weighted by Gasteiger charge is -2.00. The fourth-order valence-corrected chi connectivity index (χ4v) is 2.17. The van der Waals surface area contributed by atoms with Gasteiger partial charge >= 0.3 is 0 Å². The largest absolute Gasteiger partial charge is 0.494 e. The van der Waals surface area contributed by atoms with Gasteiger partial charge in [0.2, 0.25) is 0 Å². The van der Waals surface area contributed by atoms with Crippen LogP contribution in [0.5, 0.6) is 5.75 Å². The molecule has 1 aromatic heterocycles. The van der Waals surface area contributed by atoms with Crippen LogP contribution in [0.15, 0.2) is 18.2 Å². The molecule has 2 rings (SSSR count). The first-order valence-corrected chi connectivity index (χ1v) is 4.78. The highest BCUT2D eigenvalue weighted by Crippen LogP contribution is 2.30. The molecule has 14 heavy (non-hydrogen) atoms. The van der Waals surface area contributed by atoms with Crippen LogP contribution in [-0.4, -0.2) is 13.4 Å². The summed E-state index contributed by atoms with van der Waals surface area (Å²) in [6.45, 7) is 0. The molecule has 0 amide bonds. The number of ether oxygens (including phenoxy) is 1. The first kappa shape index (κ1) is 9.15. The number of halogens is 1. The Morgan fingerprint density at radius 3 is 2.86 bits per heavy atom. The van der Waals surface area contributed by atoms with E-state index in [9.17, 15) is 9.18 Å². The third-order valence-corrected chi connectivity index (χ3v) is 2.95. The van der Waals surface area contributed by atoms with Crippen LogP contribution in [0.1, 0.15) is 9.67 Å². The average molecular weight is 210 g/mol. The summed E-state index contributed by atoms with van der Waals surface area (Å²) in [5, 5.41) is 0.732. The topological polar surface area (TPSA) is 26.3 Å². The molecule has 2 nitrogen and oxygen atoms in total. The normalized spacial score (nSPS) is 10.4. The number of aldehydes is 1. The highest BCUT2D eigenvalue weighted by Gasteiger charge is 2.07. The molecule has 0 saturated carbocycles. The molecule has 0 radical (unpaired) electrons. The van der Waals surface area contributed by atoms with Gasteiger partial charge in [-0.05, 0) is 17.5 Å². The van der Waals surface area contributed by atoms with E-state index in [1.54, 1.807) is 12.1 Å². The summed E-state index contributed by atoms with van der Waals surface area (Å²) < 4.78 is 18.9. The Kier molecular flexibility index (Phi) is 2.21. The smallest absolute Gasteiger partial charge is 0.165 e. The lowest BCUT2D eigenvalue weighted by Crippen LogP contribution is -1.86. The van der Waals surface area contributed by atoms with E-state index in [1.165, 1.54) is 24.5 Å². The minimum Gasteiger partial charge on any atom is -0.494 e. The molecule has 0 atom stereocenters. The van der Waals surface area contributed by atoms with Crippen molar-refractivity contribution in [2.75, 3.05) is 7.11 Å². The maximum absolute atomic E-state index is 13.2. The van der Waals surface area contributed by atoms with Gasteiger partial charge < -0.3 is 4.74 Å². The molecule has 2 aromatic rings. The van der Waals surface area contributed by atoms with Gasteiger partial charge in [-0.25, -0.2) is 4.39 Å². The number of carbonyl (C=O) groups is 1. The second-order valence-electron chi connectivity index (χ2n) is 2.79. The Hall–Kier alpha value is -1.42. The summed E-state index contributed by atoms with van der Waals surface area (Å²) in [7, 11) is 1.42. The number of methoxy groups -OCH3 is 1. The van der Waals surface area contributed by atoms with Gasteiger partial charge in [-0.2, -0.15) is 0 Å². The van der Waals surface area contributed by atoms with Gasteiger partial charge in [0.15, 0.2) is 17.9 Å². The first-order valence-electron chi connectivity index (χ1n) is 3.97. The van der Waals surface area contributed by atoms with Crippen LogP contribution < -0.4 is 4.74 Å². The van der Waals surface area contributed by atoms with E-state index in [1.807, 2.05) is 0 Å². The van der Waals surface area contributed by atoms with Crippen molar-refractivity contribution >= 4 is 27.7 Å². The van der Waals surface area contributed by atoms with Gasteiger partial charge in [-0.1, -0.05) is 0 Å². The SMILES string of the molecule is COc1cc2sc(C=O)cc2cc1F. The van der Waals surface area contributed by atoms with Crippen molar-refractivity contribution in [2.24, 2.45) is 0 Å². The lowest BCUT2D eigenvalue weighted by atomic mass is 10.2. The molecule has 0 bridgehead atoms. The van der Waals surface area contributed by atoms with E-state index >= 15 is 0 Å². The van der Waals surface area contributed by atoms with Gasteiger partial charge in [0.25, 0.3) is 0 Å². The van der Waals surface area contributed by atoms with Crippen molar-refractivity contribution in [3.63, 3.8) is 0 Å². The molecule has 0 saturated heterocycles. The molecule has 0 N–H and O–H groups in total. The number of carbonyl (C=O) groups excluding carboxylic acids is 1. The zero-order valence-electron chi connectivity index (χ0n) is 7.41. The number of hydrogen-bond acceptors (Lipinski definition) is 3. The molecule has 0 aliphatic heterocycles. The van der Waals surface area contributed by atoms with Crippen LogP contribution in [0.3, 0.4) is 0 Å². The summed E-state index contributed by atoms with van der Waals surface area (Å²) in [5.74, 6) is -0.202. The van der Waals surface area contributed by atoms with Crippen molar-refractivity contribution in [2.45, 2.75) is 0 Å². The Balaban J connectivity index is 2.69. The van der Waals surface area contributed by atoms with E-state index in [-0.39, 0.29) is 5.75 Å². The van der Waals surface area contributed by atoms with Crippen molar-refractivity contribution in [3.8, 4) is 5.75 Å². The van der Waals surface area contributed by atoms with Gasteiger partial charge in [0.1, 0.15) is 0 Å². The molecule has 1 heterocycles. The maximum atomic E-state index is 13.2. The van der Waals surface area contributed by atoms with Gasteiger partial charge in [0, 0.05) is 10.8 Å². The van der Waals surface area contributed by atoms with Gasteiger partial charge in [-0.3, -0.25) is 4.79 Å².